The minimum Gasteiger partial charge on any atom is -0.294 e. The molecule has 0 bridgehead atoms. The molecule has 0 fully saturated rings. The first-order valence-corrected chi connectivity index (χ1v) is 13.4. The highest BCUT2D eigenvalue weighted by molar-refractivity contribution is 9.10. The van der Waals surface area contributed by atoms with Gasteiger partial charge in [-0.15, -0.1) is 0 Å². The summed E-state index contributed by atoms with van der Waals surface area (Å²) < 4.78 is 134. The molecular formula is C24H17BrCl2F10OS. The van der Waals surface area contributed by atoms with Gasteiger partial charge in [0.25, 0.3) is 0 Å². The zero-order valence-electron chi connectivity index (χ0n) is 19.5. The number of ketones is 1. The zero-order valence-corrected chi connectivity index (χ0v) is 23.4. The second-order valence-electron chi connectivity index (χ2n) is 8.45. The van der Waals surface area contributed by atoms with Crippen LogP contribution in [0.25, 0.3) is 5.83 Å². The summed E-state index contributed by atoms with van der Waals surface area (Å²) in [6.45, 7) is 1.38. The molecule has 0 spiro atoms. The largest absolute Gasteiger partial charge is 0.417 e. The molecule has 39 heavy (non-hydrogen) atoms. The average Bonchev–Trinajstić information content (AvgIpc) is 2.77. The number of carbonyl (C=O) groups excluding carboxylic acids is 1. The van der Waals surface area contributed by atoms with Gasteiger partial charge < -0.3 is 0 Å². The molecule has 0 aliphatic heterocycles. The molecule has 2 rings (SSSR count). The van der Waals surface area contributed by atoms with Crippen LogP contribution in [0.1, 0.15) is 46.3 Å². The Labute approximate surface area is 239 Å². The molecule has 0 saturated carbocycles. The quantitative estimate of drug-likeness (QED) is 0.148. The van der Waals surface area contributed by atoms with Crippen LogP contribution in [-0.2, 0) is 6.18 Å². The smallest absolute Gasteiger partial charge is 0.294 e. The third-order valence-electron chi connectivity index (χ3n) is 5.13. The number of hydrogen-bond donors (Lipinski definition) is 0. The molecule has 0 N–H and O–H groups in total. The fraction of sp³-hybridized carbons (Fsp3) is 0.375. The summed E-state index contributed by atoms with van der Waals surface area (Å²) in [5.74, 6) is -7.41. The van der Waals surface area contributed by atoms with Crippen molar-refractivity contribution in [3.8, 4) is 0 Å². The summed E-state index contributed by atoms with van der Waals surface area (Å²) in [6.07, 6.45) is -15.2. The minimum absolute atomic E-state index is 0.0250. The van der Waals surface area contributed by atoms with Crippen LogP contribution < -0.4 is 0 Å². The summed E-state index contributed by atoms with van der Waals surface area (Å²) in [6, 6.07) is 3.33. The van der Waals surface area contributed by atoms with E-state index in [0.717, 1.165) is 18.2 Å². The van der Waals surface area contributed by atoms with Crippen molar-refractivity contribution in [3.63, 3.8) is 0 Å². The van der Waals surface area contributed by atoms with Crippen LogP contribution in [0, 0.1) is 5.92 Å². The highest BCUT2D eigenvalue weighted by atomic mass is 79.9. The average molecular weight is 694 g/mol. The maximum absolute atomic E-state index is 15.0. The van der Waals surface area contributed by atoms with Gasteiger partial charge in [0.05, 0.1) is 21.4 Å². The summed E-state index contributed by atoms with van der Waals surface area (Å²) in [5.41, 5.74) is -3.89. The summed E-state index contributed by atoms with van der Waals surface area (Å²) in [7, 11) is 0. The number of alkyl halides is 9. The van der Waals surface area contributed by atoms with Crippen molar-refractivity contribution in [2.45, 2.75) is 37.8 Å². The van der Waals surface area contributed by atoms with Crippen LogP contribution in [-0.4, -0.2) is 29.6 Å². The van der Waals surface area contributed by atoms with E-state index >= 15 is 0 Å². The van der Waals surface area contributed by atoms with Gasteiger partial charge in [0.15, 0.2) is 5.78 Å². The fourth-order valence-electron chi connectivity index (χ4n) is 3.41. The Bertz CT molecular complexity index is 1200. The monoisotopic (exact) mass is 692 g/mol. The molecule has 216 valence electrons. The third-order valence-corrected chi connectivity index (χ3v) is 8.13. The Morgan fingerprint density at radius 3 is 2.15 bits per heavy atom. The van der Waals surface area contributed by atoms with E-state index in [1.807, 2.05) is 0 Å². The molecule has 0 amide bonds. The molecule has 0 radical (unpaired) electrons. The van der Waals surface area contributed by atoms with E-state index < -0.39 is 76.4 Å². The van der Waals surface area contributed by atoms with Gasteiger partial charge >= 0.3 is 18.5 Å². The van der Waals surface area contributed by atoms with Gasteiger partial charge in [-0.1, -0.05) is 42.3 Å². The van der Waals surface area contributed by atoms with E-state index in [4.69, 9.17) is 23.2 Å². The predicted molar refractivity (Wildman–Crippen MR) is 135 cm³/mol. The van der Waals surface area contributed by atoms with Crippen LogP contribution in [0.15, 0.2) is 40.9 Å². The van der Waals surface area contributed by atoms with Gasteiger partial charge in [0.1, 0.15) is 11.7 Å². The number of halogens is 13. The molecule has 0 aliphatic rings. The van der Waals surface area contributed by atoms with E-state index in [2.05, 4.69) is 15.9 Å². The van der Waals surface area contributed by atoms with Crippen molar-refractivity contribution in [1.29, 1.82) is 0 Å². The van der Waals surface area contributed by atoms with Crippen LogP contribution in [0.3, 0.4) is 0 Å². The first kappa shape index (κ1) is 33.8. The highest BCUT2D eigenvalue weighted by Gasteiger charge is 2.41. The molecule has 2 aromatic carbocycles. The maximum Gasteiger partial charge on any atom is 0.417 e. The second kappa shape index (κ2) is 13.0. The van der Waals surface area contributed by atoms with E-state index in [-0.39, 0.29) is 32.4 Å². The molecule has 2 atom stereocenters. The van der Waals surface area contributed by atoms with Gasteiger partial charge in [0, 0.05) is 22.0 Å². The molecule has 0 aromatic heterocycles. The first-order chi connectivity index (χ1) is 17.7. The topological polar surface area (TPSA) is 17.1 Å². The van der Waals surface area contributed by atoms with Crippen molar-refractivity contribution < 1.29 is 48.7 Å². The summed E-state index contributed by atoms with van der Waals surface area (Å²) in [5, 5.41) is -0.383. The highest BCUT2D eigenvalue weighted by Crippen LogP contribution is 2.43. The van der Waals surface area contributed by atoms with E-state index in [0.29, 0.717) is 17.8 Å². The molecule has 15 heteroatoms. The molecular weight excluding hydrogens is 677 g/mol. The van der Waals surface area contributed by atoms with Gasteiger partial charge in [-0.25, -0.2) is 4.39 Å². The van der Waals surface area contributed by atoms with Crippen LogP contribution >= 0.6 is 50.9 Å². The Balaban J connectivity index is 2.42. The van der Waals surface area contributed by atoms with Gasteiger partial charge in [-0.05, 0) is 57.4 Å². The number of allylic oxidation sites excluding steroid dienone is 1. The number of carbonyl (C=O) groups is 1. The zero-order chi connectivity index (χ0) is 29.9. The summed E-state index contributed by atoms with van der Waals surface area (Å²) >= 11 is 15.0. The lowest BCUT2D eigenvalue weighted by atomic mass is 9.93. The molecule has 2 aromatic rings. The molecule has 1 unspecified atom stereocenters. The van der Waals surface area contributed by atoms with Gasteiger partial charge in [0.2, 0.25) is 0 Å². The fourth-order valence-corrected chi connectivity index (χ4v) is 5.21. The van der Waals surface area contributed by atoms with Crippen molar-refractivity contribution in [2.24, 2.45) is 5.92 Å². The normalized spacial score (nSPS) is 14.9. The van der Waals surface area contributed by atoms with Crippen LogP contribution in [0.2, 0.25) is 10.0 Å². The lowest BCUT2D eigenvalue weighted by Gasteiger charge is -2.19. The number of thioether (sulfide) groups is 1. The first-order valence-electron chi connectivity index (χ1n) is 10.7. The predicted octanol–water partition coefficient (Wildman–Crippen LogP) is 10.9. The Morgan fingerprint density at radius 1 is 1.03 bits per heavy atom. The second-order valence-corrected chi connectivity index (χ2v) is 11.1. The Kier molecular flexibility index (Phi) is 11.3. The lowest BCUT2D eigenvalue weighted by molar-refractivity contribution is -0.140. The third kappa shape index (κ3) is 9.86. The molecule has 0 heterocycles. The molecule has 1 nitrogen and oxygen atoms in total. The Hall–Kier alpha value is -1.44. The minimum atomic E-state index is -5.19. The number of Topliss-reactive ketones (excluding diaryl/α,β-unsaturated/α-hetero) is 1. The molecule has 0 saturated heterocycles. The van der Waals surface area contributed by atoms with E-state index in [9.17, 15) is 48.7 Å². The van der Waals surface area contributed by atoms with E-state index in [1.165, 1.54) is 6.92 Å². The van der Waals surface area contributed by atoms with Gasteiger partial charge in [-0.3, -0.25) is 4.79 Å². The van der Waals surface area contributed by atoms with Crippen LogP contribution in [0.5, 0.6) is 0 Å². The van der Waals surface area contributed by atoms with E-state index in [1.54, 1.807) is 0 Å². The summed E-state index contributed by atoms with van der Waals surface area (Å²) in [4.78, 5) is 12.5. The van der Waals surface area contributed by atoms with Crippen molar-refractivity contribution >= 4 is 62.5 Å². The molecule has 0 aliphatic carbocycles. The van der Waals surface area contributed by atoms with Crippen molar-refractivity contribution in [3.05, 3.63) is 73.2 Å². The maximum atomic E-state index is 15.0. The lowest BCUT2D eigenvalue weighted by Crippen LogP contribution is -2.19. The standard InChI is InChI=1S/C24H17BrCl2F10OS/c1-11(9-39-10-22(29,30)31)4-20(38)14-3-2-12(5-16(14)24(35,36)37)19(28)8-15(23(32,33)34)13-6-17(25)21(27)18(26)7-13/h2-3,5-8,11,15H,4,9-10H2,1H3/b19-8-/t11-,15?/m0/s1. The Morgan fingerprint density at radius 2 is 1.64 bits per heavy atom. The van der Waals surface area contributed by atoms with Crippen molar-refractivity contribution in [2.75, 3.05) is 11.5 Å². The number of benzene rings is 2. The van der Waals surface area contributed by atoms with Gasteiger partial charge in [-0.2, -0.15) is 51.3 Å². The van der Waals surface area contributed by atoms with Crippen molar-refractivity contribution in [1.82, 2.24) is 0 Å². The van der Waals surface area contributed by atoms with Crippen LogP contribution in [0.4, 0.5) is 43.9 Å². The SMILES string of the molecule is C[C@H](CSCC(F)(F)F)CC(=O)c1ccc(/C(F)=C/C(c2cc(Cl)c(Cl)c(Br)c2)C(F)(F)F)cc1C(F)(F)F. The number of rotatable bonds is 9. The number of hydrogen-bond acceptors (Lipinski definition) is 2.